The van der Waals surface area contributed by atoms with Gasteiger partial charge in [0, 0.05) is 4.88 Å². The molecule has 1 atom stereocenters. The van der Waals surface area contributed by atoms with Crippen LogP contribution in [0.4, 0.5) is 4.79 Å². The minimum atomic E-state index is -0.358. The van der Waals surface area contributed by atoms with Gasteiger partial charge in [0.1, 0.15) is 0 Å². The van der Waals surface area contributed by atoms with Crippen LogP contribution in [-0.4, -0.2) is 12.7 Å². The molecule has 1 N–H and O–H groups in total. The summed E-state index contributed by atoms with van der Waals surface area (Å²) in [6.07, 6.45) is -0.358. The van der Waals surface area contributed by atoms with Crippen LogP contribution in [0, 0.1) is 0 Å². The Labute approximate surface area is 81.7 Å². The molecular weight excluding hydrogens is 186 g/mol. The number of hydrogen-bond donors (Lipinski definition) is 1. The third kappa shape index (κ3) is 3.06. The topological polar surface area (TPSA) is 38.3 Å². The van der Waals surface area contributed by atoms with E-state index in [4.69, 9.17) is 4.74 Å². The summed E-state index contributed by atoms with van der Waals surface area (Å²) in [6, 6.07) is 3.98. The van der Waals surface area contributed by atoms with Crippen LogP contribution in [0.1, 0.15) is 24.8 Å². The fourth-order valence-corrected chi connectivity index (χ4v) is 1.69. The van der Waals surface area contributed by atoms with E-state index in [1.807, 2.05) is 24.4 Å². The second kappa shape index (κ2) is 4.87. The van der Waals surface area contributed by atoms with Gasteiger partial charge in [0.25, 0.3) is 0 Å². The van der Waals surface area contributed by atoms with Crippen LogP contribution in [0.3, 0.4) is 0 Å². The van der Waals surface area contributed by atoms with Crippen LogP contribution in [-0.2, 0) is 4.74 Å². The van der Waals surface area contributed by atoms with Gasteiger partial charge in [-0.2, -0.15) is 0 Å². The first-order valence-corrected chi connectivity index (χ1v) is 5.08. The molecule has 0 spiro atoms. The Balaban J connectivity index is 2.42. The van der Waals surface area contributed by atoms with Crippen molar-refractivity contribution >= 4 is 17.4 Å². The van der Waals surface area contributed by atoms with Gasteiger partial charge in [-0.15, -0.1) is 11.3 Å². The smallest absolute Gasteiger partial charge is 0.407 e. The normalized spacial score (nSPS) is 12.2. The molecular formula is C9H13NO2S. The van der Waals surface area contributed by atoms with Gasteiger partial charge in [0.05, 0.1) is 12.6 Å². The van der Waals surface area contributed by atoms with E-state index < -0.39 is 0 Å². The predicted octanol–water partition coefficient (Wildman–Crippen LogP) is 2.56. The van der Waals surface area contributed by atoms with Crippen LogP contribution in [0.15, 0.2) is 17.5 Å². The molecule has 1 heterocycles. The summed E-state index contributed by atoms with van der Waals surface area (Å²) in [5.74, 6) is 0. The molecule has 1 amide bonds. The maximum absolute atomic E-state index is 11.0. The Morgan fingerprint density at radius 3 is 3.08 bits per heavy atom. The van der Waals surface area contributed by atoms with Gasteiger partial charge in [0.2, 0.25) is 0 Å². The number of carbonyl (C=O) groups is 1. The molecule has 1 rings (SSSR count). The minimum Gasteiger partial charge on any atom is -0.450 e. The highest BCUT2D eigenvalue weighted by atomic mass is 32.1. The predicted molar refractivity (Wildman–Crippen MR) is 52.9 cm³/mol. The van der Waals surface area contributed by atoms with Crippen molar-refractivity contribution in [3.8, 4) is 0 Å². The zero-order valence-corrected chi connectivity index (χ0v) is 8.56. The van der Waals surface area contributed by atoms with Gasteiger partial charge in [-0.25, -0.2) is 4.79 Å². The van der Waals surface area contributed by atoms with Gasteiger partial charge < -0.3 is 10.1 Å². The molecule has 0 bridgehead atoms. The van der Waals surface area contributed by atoms with Crippen LogP contribution in [0.5, 0.6) is 0 Å². The van der Waals surface area contributed by atoms with E-state index in [0.29, 0.717) is 6.61 Å². The van der Waals surface area contributed by atoms with Crippen molar-refractivity contribution in [1.82, 2.24) is 5.32 Å². The monoisotopic (exact) mass is 199 g/mol. The number of rotatable bonds is 3. The van der Waals surface area contributed by atoms with Gasteiger partial charge in [-0.05, 0) is 25.3 Å². The van der Waals surface area contributed by atoms with E-state index in [1.165, 1.54) is 0 Å². The summed E-state index contributed by atoms with van der Waals surface area (Å²) in [4.78, 5) is 12.2. The molecule has 3 nitrogen and oxygen atoms in total. The van der Waals surface area contributed by atoms with Gasteiger partial charge in [-0.1, -0.05) is 6.07 Å². The highest BCUT2D eigenvalue weighted by Gasteiger charge is 2.09. The standard InChI is InChI=1S/C9H13NO2S/c1-3-12-9(11)10-7(2)8-5-4-6-13-8/h4-7H,3H2,1-2H3,(H,10,11)/t7-/m0/s1. The molecule has 0 unspecified atom stereocenters. The van der Waals surface area contributed by atoms with E-state index >= 15 is 0 Å². The average Bonchev–Trinajstić information content (AvgIpc) is 2.55. The van der Waals surface area contributed by atoms with Crippen molar-refractivity contribution < 1.29 is 9.53 Å². The fraction of sp³-hybridized carbons (Fsp3) is 0.444. The summed E-state index contributed by atoms with van der Waals surface area (Å²) >= 11 is 1.62. The first kappa shape index (κ1) is 10.1. The van der Waals surface area contributed by atoms with Crippen LogP contribution in [0.2, 0.25) is 0 Å². The summed E-state index contributed by atoms with van der Waals surface area (Å²) in [5.41, 5.74) is 0. The lowest BCUT2D eigenvalue weighted by Gasteiger charge is -2.11. The maximum Gasteiger partial charge on any atom is 0.407 e. The zero-order chi connectivity index (χ0) is 9.68. The first-order valence-electron chi connectivity index (χ1n) is 4.20. The summed E-state index contributed by atoms with van der Waals surface area (Å²) in [5, 5.41) is 4.72. The van der Waals surface area contributed by atoms with Crippen molar-refractivity contribution in [2.75, 3.05) is 6.61 Å². The van der Waals surface area contributed by atoms with E-state index in [-0.39, 0.29) is 12.1 Å². The lowest BCUT2D eigenvalue weighted by Crippen LogP contribution is -2.26. The third-order valence-electron chi connectivity index (χ3n) is 1.58. The number of ether oxygens (including phenoxy) is 1. The summed E-state index contributed by atoms with van der Waals surface area (Å²) in [6.45, 7) is 4.13. The Hall–Kier alpha value is -1.03. The Morgan fingerprint density at radius 1 is 1.77 bits per heavy atom. The molecule has 0 saturated carbocycles. The molecule has 0 saturated heterocycles. The van der Waals surface area contributed by atoms with Crippen molar-refractivity contribution in [3.63, 3.8) is 0 Å². The lowest BCUT2D eigenvalue weighted by atomic mass is 10.3. The van der Waals surface area contributed by atoms with Crippen molar-refractivity contribution in [3.05, 3.63) is 22.4 Å². The number of hydrogen-bond acceptors (Lipinski definition) is 3. The van der Waals surface area contributed by atoms with E-state index in [9.17, 15) is 4.79 Å². The molecule has 4 heteroatoms. The summed E-state index contributed by atoms with van der Waals surface area (Å²) < 4.78 is 4.77. The highest BCUT2D eigenvalue weighted by Crippen LogP contribution is 2.17. The molecule has 72 valence electrons. The number of nitrogens with one attached hydrogen (secondary N) is 1. The number of alkyl carbamates (subject to hydrolysis) is 1. The average molecular weight is 199 g/mol. The molecule has 1 aromatic heterocycles. The maximum atomic E-state index is 11.0. The highest BCUT2D eigenvalue weighted by molar-refractivity contribution is 7.10. The van der Waals surface area contributed by atoms with Crippen molar-refractivity contribution in [1.29, 1.82) is 0 Å². The van der Waals surface area contributed by atoms with E-state index in [2.05, 4.69) is 5.32 Å². The van der Waals surface area contributed by atoms with Crippen molar-refractivity contribution in [2.24, 2.45) is 0 Å². The minimum absolute atomic E-state index is 0.0269. The Bertz CT molecular complexity index is 259. The quantitative estimate of drug-likeness (QED) is 0.812. The number of amides is 1. The number of carbonyl (C=O) groups excluding carboxylic acids is 1. The number of thiophene rings is 1. The Kier molecular flexibility index (Phi) is 3.76. The zero-order valence-electron chi connectivity index (χ0n) is 7.74. The van der Waals surface area contributed by atoms with Gasteiger partial charge in [0.15, 0.2) is 0 Å². The Morgan fingerprint density at radius 2 is 2.54 bits per heavy atom. The molecule has 1 aromatic rings. The largest absolute Gasteiger partial charge is 0.450 e. The fourth-order valence-electron chi connectivity index (χ4n) is 0.958. The van der Waals surface area contributed by atoms with Crippen LogP contribution in [0.25, 0.3) is 0 Å². The molecule has 0 aliphatic carbocycles. The first-order chi connectivity index (χ1) is 6.24. The summed E-state index contributed by atoms with van der Waals surface area (Å²) in [7, 11) is 0. The SMILES string of the molecule is CCOC(=O)N[C@@H](C)c1cccs1. The molecule has 0 aliphatic heterocycles. The van der Waals surface area contributed by atoms with Crippen molar-refractivity contribution in [2.45, 2.75) is 19.9 Å². The van der Waals surface area contributed by atoms with Gasteiger partial charge in [-0.3, -0.25) is 0 Å². The molecule has 0 aromatic carbocycles. The van der Waals surface area contributed by atoms with E-state index in [0.717, 1.165) is 4.88 Å². The molecule has 13 heavy (non-hydrogen) atoms. The third-order valence-corrected chi connectivity index (χ3v) is 2.63. The second-order valence-corrected chi connectivity index (χ2v) is 3.58. The van der Waals surface area contributed by atoms with Crippen LogP contribution >= 0.6 is 11.3 Å². The van der Waals surface area contributed by atoms with Gasteiger partial charge >= 0.3 is 6.09 Å². The van der Waals surface area contributed by atoms with Crippen LogP contribution < -0.4 is 5.32 Å². The van der Waals surface area contributed by atoms with E-state index in [1.54, 1.807) is 18.3 Å². The lowest BCUT2D eigenvalue weighted by molar-refractivity contribution is 0.149. The molecule has 0 radical (unpaired) electrons. The molecule has 0 fully saturated rings. The molecule has 0 aliphatic rings. The second-order valence-electron chi connectivity index (χ2n) is 2.60.